The summed E-state index contributed by atoms with van der Waals surface area (Å²) in [5, 5.41) is 11.7. The molecular formula is C17H24N2O5. The average molecular weight is 336 g/mol. The van der Waals surface area contributed by atoms with E-state index in [1.54, 1.807) is 24.1 Å². The summed E-state index contributed by atoms with van der Waals surface area (Å²) >= 11 is 0. The van der Waals surface area contributed by atoms with Crippen LogP contribution in [-0.2, 0) is 16.0 Å². The summed E-state index contributed by atoms with van der Waals surface area (Å²) in [7, 11) is 1.64. The fourth-order valence-electron chi connectivity index (χ4n) is 2.58. The SMILES string of the molecule is COCCOC1CCN(C(=O)NCc2ccc(C(=O)O)cc2)CC1. The van der Waals surface area contributed by atoms with E-state index in [4.69, 9.17) is 14.6 Å². The highest BCUT2D eigenvalue weighted by Gasteiger charge is 2.22. The zero-order chi connectivity index (χ0) is 17.4. The number of carboxylic acids is 1. The second-order valence-electron chi connectivity index (χ2n) is 5.71. The number of rotatable bonds is 7. The van der Waals surface area contributed by atoms with E-state index in [1.807, 2.05) is 0 Å². The van der Waals surface area contributed by atoms with Crippen LogP contribution in [0.2, 0.25) is 0 Å². The van der Waals surface area contributed by atoms with Crippen molar-refractivity contribution in [3.05, 3.63) is 35.4 Å². The van der Waals surface area contributed by atoms with Crippen LogP contribution in [0, 0.1) is 0 Å². The van der Waals surface area contributed by atoms with Crippen molar-refractivity contribution < 1.29 is 24.2 Å². The van der Waals surface area contributed by atoms with Gasteiger partial charge in [0.1, 0.15) is 0 Å². The van der Waals surface area contributed by atoms with Gasteiger partial charge in [0.25, 0.3) is 0 Å². The molecule has 0 saturated carbocycles. The van der Waals surface area contributed by atoms with Gasteiger partial charge in [0.05, 0.1) is 24.9 Å². The Morgan fingerprint density at radius 3 is 2.46 bits per heavy atom. The maximum Gasteiger partial charge on any atom is 0.335 e. The van der Waals surface area contributed by atoms with Gasteiger partial charge in [-0.1, -0.05) is 12.1 Å². The van der Waals surface area contributed by atoms with Gasteiger partial charge >= 0.3 is 12.0 Å². The van der Waals surface area contributed by atoms with Crippen LogP contribution in [0.5, 0.6) is 0 Å². The Morgan fingerprint density at radius 1 is 1.21 bits per heavy atom. The number of amides is 2. The molecule has 0 unspecified atom stereocenters. The minimum Gasteiger partial charge on any atom is -0.478 e. The fourth-order valence-corrected chi connectivity index (χ4v) is 2.58. The number of benzene rings is 1. The zero-order valence-electron chi connectivity index (χ0n) is 13.9. The molecule has 1 aliphatic rings. The van der Waals surface area contributed by atoms with Crippen molar-refractivity contribution in [3.8, 4) is 0 Å². The minimum absolute atomic E-state index is 0.104. The Kier molecular flexibility index (Phi) is 7.02. The molecule has 2 rings (SSSR count). The molecular weight excluding hydrogens is 312 g/mol. The normalized spacial score (nSPS) is 15.3. The van der Waals surface area contributed by atoms with Crippen LogP contribution in [0.3, 0.4) is 0 Å². The number of ether oxygens (including phenoxy) is 2. The standard InChI is InChI=1S/C17H24N2O5/c1-23-10-11-24-15-6-8-19(9-7-15)17(22)18-12-13-2-4-14(5-3-13)16(20)21/h2-5,15H,6-12H2,1H3,(H,18,22)(H,20,21). The molecule has 1 heterocycles. The summed E-state index contributed by atoms with van der Waals surface area (Å²) in [5.41, 5.74) is 1.10. The van der Waals surface area contributed by atoms with E-state index in [2.05, 4.69) is 5.32 Å². The molecule has 0 aromatic heterocycles. The topological polar surface area (TPSA) is 88.1 Å². The molecule has 0 radical (unpaired) electrons. The third kappa shape index (κ3) is 5.50. The van der Waals surface area contributed by atoms with Gasteiger partial charge in [-0.05, 0) is 30.5 Å². The second-order valence-corrected chi connectivity index (χ2v) is 5.71. The first kappa shape index (κ1) is 18.2. The summed E-state index contributed by atoms with van der Waals surface area (Å²) in [4.78, 5) is 24.8. The van der Waals surface area contributed by atoms with Crippen LogP contribution in [0.1, 0.15) is 28.8 Å². The lowest BCUT2D eigenvalue weighted by atomic mass is 10.1. The maximum atomic E-state index is 12.2. The van der Waals surface area contributed by atoms with Gasteiger partial charge in [0.15, 0.2) is 0 Å². The Morgan fingerprint density at radius 2 is 1.88 bits per heavy atom. The summed E-state index contributed by atoms with van der Waals surface area (Å²) in [6.45, 7) is 2.88. The number of methoxy groups -OCH3 is 1. The molecule has 0 spiro atoms. The molecule has 0 aliphatic carbocycles. The van der Waals surface area contributed by atoms with Gasteiger partial charge in [0, 0.05) is 26.7 Å². The van der Waals surface area contributed by atoms with Crippen LogP contribution in [0.15, 0.2) is 24.3 Å². The molecule has 1 aromatic carbocycles. The fraction of sp³-hybridized carbons (Fsp3) is 0.529. The highest BCUT2D eigenvalue weighted by Crippen LogP contribution is 2.14. The van der Waals surface area contributed by atoms with Crippen LogP contribution < -0.4 is 5.32 Å². The van der Waals surface area contributed by atoms with Crippen molar-refractivity contribution in [3.63, 3.8) is 0 Å². The number of likely N-dealkylation sites (tertiary alicyclic amines) is 1. The first-order valence-corrected chi connectivity index (χ1v) is 8.05. The Hall–Kier alpha value is -2.12. The number of aromatic carboxylic acids is 1. The highest BCUT2D eigenvalue weighted by molar-refractivity contribution is 5.87. The van der Waals surface area contributed by atoms with Gasteiger partial charge in [0.2, 0.25) is 0 Å². The molecule has 1 aliphatic heterocycles. The number of hydrogen-bond donors (Lipinski definition) is 2. The number of urea groups is 1. The van der Waals surface area contributed by atoms with Crippen molar-refractivity contribution in [2.45, 2.75) is 25.5 Å². The van der Waals surface area contributed by atoms with Gasteiger partial charge in [-0.25, -0.2) is 9.59 Å². The lowest BCUT2D eigenvalue weighted by Gasteiger charge is -2.32. The predicted octanol–water partition coefficient (Wildman–Crippen LogP) is 1.72. The number of carbonyl (C=O) groups is 2. The molecule has 2 N–H and O–H groups in total. The van der Waals surface area contributed by atoms with Crippen molar-refractivity contribution in [1.82, 2.24) is 10.2 Å². The third-order valence-corrected chi connectivity index (χ3v) is 4.01. The maximum absolute atomic E-state index is 12.2. The molecule has 132 valence electrons. The smallest absolute Gasteiger partial charge is 0.335 e. The van der Waals surface area contributed by atoms with E-state index in [1.165, 1.54) is 12.1 Å². The number of hydrogen-bond acceptors (Lipinski definition) is 4. The molecule has 7 nitrogen and oxygen atoms in total. The van der Waals surface area contributed by atoms with Gasteiger partial charge in [-0.15, -0.1) is 0 Å². The summed E-state index contributed by atoms with van der Waals surface area (Å²) in [6.07, 6.45) is 1.84. The van der Waals surface area contributed by atoms with E-state index in [0.717, 1.165) is 18.4 Å². The van der Waals surface area contributed by atoms with E-state index in [9.17, 15) is 9.59 Å². The van der Waals surface area contributed by atoms with Crippen molar-refractivity contribution in [2.24, 2.45) is 0 Å². The van der Waals surface area contributed by atoms with Crippen molar-refractivity contribution >= 4 is 12.0 Å². The molecule has 0 atom stereocenters. The minimum atomic E-state index is -0.957. The third-order valence-electron chi connectivity index (χ3n) is 4.01. The first-order valence-electron chi connectivity index (χ1n) is 8.05. The number of carboxylic acid groups (broad SMARTS) is 1. The summed E-state index contributed by atoms with van der Waals surface area (Å²) < 4.78 is 10.6. The van der Waals surface area contributed by atoms with Crippen LogP contribution in [-0.4, -0.2) is 61.5 Å². The van der Waals surface area contributed by atoms with Crippen molar-refractivity contribution in [1.29, 1.82) is 0 Å². The molecule has 1 aromatic rings. The van der Waals surface area contributed by atoms with E-state index in [0.29, 0.717) is 32.8 Å². The molecule has 7 heteroatoms. The Balaban J connectivity index is 1.70. The van der Waals surface area contributed by atoms with Crippen molar-refractivity contribution in [2.75, 3.05) is 33.4 Å². The largest absolute Gasteiger partial charge is 0.478 e. The van der Waals surface area contributed by atoms with Gasteiger partial charge < -0.3 is 24.8 Å². The molecule has 2 amide bonds. The first-order chi connectivity index (χ1) is 11.6. The van der Waals surface area contributed by atoms with Gasteiger partial charge in [-0.3, -0.25) is 0 Å². The Bertz CT molecular complexity index is 538. The van der Waals surface area contributed by atoms with Crippen LogP contribution in [0.4, 0.5) is 4.79 Å². The van der Waals surface area contributed by atoms with Crippen LogP contribution in [0.25, 0.3) is 0 Å². The van der Waals surface area contributed by atoms with E-state index in [-0.39, 0.29) is 17.7 Å². The molecule has 1 saturated heterocycles. The predicted molar refractivity (Wildman–Crippen MR) is 88.1 cm³/mol. The Labute approximate surface area is 141 Å². The monoisotopic (exact) mass is 336 g/mol. The quantitative estimate of drug-likeness (QED) is 0.740. The number of piperidine rings is 1. The summed E-state index contributed by atoms with van der Waals surface area (Å²) in [6, 6.07) is 6.38. The zero-order valence-corrected chi connectivity index (χ0v) is 13.9. The number of nitrogens with zero attached hydrogens (tertiary/aromatic N) is 1. The highest BCUT2D eigenvalue weighted by atomic mass is 16.5. The lowest BCUT2D eigenvalue weighted by molar-refractivity contribution is -0.00920. The number of carbonyl (C=O) groups excluding carboxylic acids is 1. The number of nitrogens with one attached hydrogen (secondary N) is 1. The average Bonchev–Trinajstić information content (AvgIpc) is 2.61. The molecule has 24 heavy (non-hydrogen) atoms. The van der Waals surface area contributed by atoms with Crippen LogP contribution >= 0.6 is 0 Å². The molecule has 1 fully saturated rings. The second kappa shape index (κ2) is 9.24. The van der Waals surface area contributed by atoms with E-state index < -0.39 is 5.97 Å². The summed E-state index contributed by atoms with van der Waals surface area (Å²) in [5.74, 6) is -0.957. The molecule has 0 bridgehead atoms. The van der Waals surface area contributed by atoms with E-state index >= 15 is 0 Å². The van der Waals surface area contributed by atoms with Gasteiger partial charge in [-0.2, -0.15) is 0 Å². The lowest BCUT2D eigenvalue weighted by Crippen LogP contribution is -2.45.